The fourth-order valence-corrected chi connectivity index (χ4v) is 1.28. The average molecular weight is 259 g/mol. The number of methoxy groups -OCH3 is 1. The van der Waals surface area contributed by atoms with E-state index >= 15 is 0 Å². The molecule has 1 rings (SSSR count). The molecule has 4 N–H and O–H groups in total. The second kappa shape index (κ2) is 5.40. The number of rotatable bonds is 4. The summed E-state index contributed by atoms with van der Waals surface area (Å²) in [6.07, 6.45) is 0. The molecule has 0 aromatic heterocycles. The lowest BCUT2D eigenvalue weighted by atomic mass is 10.2. The molecule has 1 aromatic carbocycles. The molecule has 0 spiro atoms. The first-order valence-electron chi connectivity index (χ1n) is 4.54. The largest absolute Gasteiger partial charge is 0.496 e. The van der Waals surface area contributed by atoms with Crippen molar-refractivity contribution >= 4 is 29.2 Å². The summed E-state index contributed by atoms with van der Waals surface area (Å²) in [4.78, 5) is 22.1. The van der Waals surface area contributed by atoms with Crippen LogP contribution in [0.15, 0.2) is 12.1 Å². The highest BCUT2D eigenvalue weighted by Gasteiger charge is 2.16. The third-order valence-electron chi connectivity index (χ3n) is 1.88. The van der Waals surface area contributed by atoms with Crippen molar-refractivity contribution in [1.82, 2.24) is 0 Å². The average Bonchev–Trinajstić information content (AvgIpc) is 2.28. The number of hydrogen-bond donors (Lipinski definition) is 2. The van der Waals surface area contributed by atoms with Gasteiger partial charge in [0.1, 0.15) is 11.3 Å². The summed E-state index contributed by atoms with van der Waals surface area (Å²) in [5, 5.41) is 0.192. The summed E-state index contributed by atoms with van der Waals surface area (Å²) in [6.45, 7) is -0.510. The molecule has 0 saturated heterocycles. The predicted molar refractivity (Wildman–Crippen MR) is 61.9 cm³/mol. The van der Waals surface area contributed by atoms with Crippen LogP contribution in [0.4, 0.5) is 5.69 Å². The summed E-state index contributed by atoms with van der Waals surface area (Å²) in [5.74, 6) is -1.30. The molecule has 17 heavy (non-hydrogen) atoms. The van der Waals surface area contributed by atoms with Crippen LogP contribution in [0.1, 0.15) is 10.4 Å². The molecular weight excluding hydrogens is 248 g/mol. The molecule has 1 aromatic rings. The van der Waals surface area contributed by atoms with Crippen LogP contribution >= 0.6 is 11.6 Å². The van der Waals surface area contributed by atoms with Crippen molar-refractivity contribution in [2.75, 3.05) is 19.5 Å². The van der Waals surface area contributed by atoms with Crippen molar-refractivity contribution in [3.63, 3.8) is 0 Å². The minimum atomic E-state index is -0.762. The van der Waals surface area contributed by atoms with E-state index in [1.165, 1.54) is 19.2 Å². The van der Waals surface area contributed by atoms with E-state index in [4.69, 9.17) is 27.8 Å². The predicted octanol–water partition coefficient (Wildman–Crippen LogP) is 0.573. The van der Waals surface area contributed by atoms with Gasteiger partial charge in [-0.2, -0.15) is 0 Å². The molecule has 0 atom stereocenters. The number of esters is 1. The van der Waals surface area contributed by atoms with Crippen LogP contribution in [0.2, 0.25) is 5.02 Å². The van der Waals surface area contributed by atoms with E-state index in [0.717, 1.165) is 0 Å². The van der Waals surface area contributed by atoms with Gasteiger partial charge in [0.25, 0.3) is 5.91 Å². The maximum Gasteiger partial charge on any atom is 0.342 e. The van der Waals surface area contributed by atoms with Crippen molar-refractivity contribution in [3.05, 3.63) is 22.7 Å². The fraction of sp³-hybridized carbons (Fsp3) is 0.200. The Hall–Kier alpha value is -1.95. The number of benzene rings is 1. The van der Waals surface area contributed by atoms with Crippen molar-refractivity contribution in [3.8, 4) is 5.75 Å². The summed E-state index contributed by atoms with van der Waals surface area (Å²) >= 11 is 5.77. The number of carbonyl (C=O) groups is 2. The monoisotopic (exact) mass is 258 g/mol. The minimum Gasteiger partial charge on any atom is -0.496 e. The number of halogens is 1. The number of nitrogen functional groups attached to an aromatic ring is 1. The Morgan fingerprint density at radius 3 is 2.59 bits per heavy atom. The first-order valence-corrected chi connectivity index (χ1v) is 4.92. The SMILES string of the molecule is COc1cc(N)c(Cl)cc1C(=O)OCC(N)=O. The van der Waals surface area contributed by atoms with Crippen LogP contribution in [0.25, 0.3) is 0 Å². The van der Waals surface area contributed by atoms with E-state index in [0.29, 0.717) is 0 Å². The maximum atomic E-state index is 11.6. The van der Waals surface area contributed by atoms with Crippen molar-refractivity contribution in [1.29, 1.82) is 0 Å². The minimum absolute atomic E-state index is 0.0768. The number of amides is 1. The molecule has 0 saturated carbocycles. The first-order chi connectivity index (χ1) is 7.95. The van der Waals surface area contributed by atoms with E-state index in [1.54, 1.807) is 0 Å². The van der Waals surface area contributed by atoms with Gasteiger partial charge < -0.3 is 20.9 Å². The highest BCUT2D eigenvalue weighted by atomic mass is 35.5. The first kappa shape index (κ1) is 13.1. The standard InChI is InChI=1S/C10H11ClN2O4/c1-16-8-3-7(12)6(11)2-5(8)10(15)17-4-9(13)14/h2-3H,4,12H2,1H3,(H2,13,14). The molecule has 0 aliphatic heterocycles. The van der Waals surface area contributed by atoms with Gasteiger partial charge in [0.15, 0.2) is 6.61 Å². The highest BCUT2D eigenvalue weighted by Crippen LogP contribution is 2.29. The quantitative estimate of drug-likeness (QED) is 0.607. The van der Waals surface area contributed by atoms with Crippen LogP contribution in [0.5, 0.6) is 5.75 Å². The number of carbonyl (C=O) groups excluding carboxylic acids is 2. The van der Waals surface area contributed by atoms with Crippen LogP contribution < -0.4 is 16.2 Å². The van der Waals surface area contributed by atoms with Gasteiger partial charge in [-0.15, -0.1) is 0 Å². The maximum absolute atomic E-state index is 11.6. The summed E-state index contributed by atoms with van der Waals surface area (Å²) in [6, 6.07) is 2.70. The van der Waals surface area contributed by atoms with Crippen LogP contribution in [-0.2, 0) is 9.53 Å². The van der Waals surface area contributed by atoms with Crippen molar-refractivity contribution < 1.29 is 19.1 Å². The Morgan fingerprint density at radius 1 is 1.41 bits per heavy atom. The van der Waals surface area contributed by atoms with Crippen LogP contribution in [-0.4, -0.2) is 25.6 Å². The Balaban J connectivity index is 2.99. The van der Waals surface area contributed by atoms with Gasteiger partial charge in [-0.05, 0) is 6.07 Å². The molecular formula is C10H11ClN2O4. The zero-order valence-electron chi connectivity index (χ0n) is 9.03. The second-order valence-corrected chi connectivity index (χ2v) is 3.52. The van der Waals surface area contributed by atoms with Gasteiger partial charge in [0.2, 0.25) is 0 Å². The molecule has 0 aliphatic rings. The summed E-state index contributed by atoms with van der Waals surface area (Å²) in [7, 11) is 1.37. The lowest BCUT2D eigenvalue weighted by Crippen LogP contribution is -2.21. The number of primary amides is 1. The molecule has 0 unspecified atom stereocenters. The molecule has 0 heterocycles. The normalized spacial score (nSPS) is 9.76. The molecule has 92 valence electrons. The molecule has 0 bridgehead atoms. The number of nitrogens with two attached hydrogens (primary N) is 2. The number of hydrogen-bond acceptors (Lipinski definition) is 5. The van der Waals surface area contributed by atoms with E-state index in [1.807, 2.05) is 0 Å². The second-order valence-electron chi connectivity index (χ2n) is 3.12. The van der Waals surface area contributed by atoms with Gasteiger partial charge in [-0.25, -0.2) is 4.79 Å². The van der Waals surface area contributed by atoms with Crippen molar-refractivity contribution in [2.45, 2.75) is 0 Å². The molecule has 1 amide bonds. The third kappa shape index (κ3) is 3.25. The topological polar surface area (TPSA) is 105 Å². The Bertz CT molecular complexity index is 462. The lowest BCUT2D eigenvalue weighted by molar-refractivity contribution is -0.121. The summed E-state index contributed by atoms with van der Waals surface area (Å²) < 4.78 is 9.59. The Morgan fingerprint density at radius 2 is 2.06 bits per heavy atom. The van der Waals surface area contributed by atoms with Gasteiger partial charge in [0, 0.05) is 6.07 Å². The smallest absolute Gasteiger partial charge is 0.342 e. The fourth-order valence-electron chi connectivity index (χ4n) is 1.11. The van der Waals surface area contributed by atoms with Crippen molar-refractivity contribution in [2.24, 2.45) is 5.73 Å². The van der Waals surface area contributed by atoms with Gasteiger partial charge in [0.05, 0.1) is 17.8 Å². The van der Waals surface area contributed by atoms with Crippen LogP contribution in [0, 0.1) is 0 Å². The van der Waals surface area contributed by atoms with E-state index in [9.17, 15) is 9.59 Å². The zero-order chi connectivity index (χ0) is 13.0. The third-order valence-corrected chi connectivity index (χ3v) is 2.21. The van der Waals surface area contributed by atoms with Gasteiger partial charge in [-0.3, -0.25) is 4.79 Å². The Labute approximate surface area is 102 Å². The van der Waals surface area contributed by atoms with E-state index < -0.39 is 18.5 Å². The van der Waals surface area contributed by atoms with Gasteiger partial charge in [-0.1, -0.05) is 11.6 Å². The number of anilines is 1. The molecule has 0 fully saturated rings. The summed E-state index contributed by atoms with van der Waals surface area (Å²) in [5.41, 5.74) is 10.7. The van der Waals surface area contributed by atoms with E-state index in [-0.39, 0.29) is 22.0 Å². The van der Waals surface area contributed by atoms with Gasteiger partial charge >= 0.3 is 5.97 Å². The number of ether oxygens (including phenoxy) is 2. The lowest BCUT2D eigenvalue weighted by Gasteiger charge is -2.09. The van der Waals surface area contributed by atoms with Crippen LogP contribution in [0.3, 0.4) is 0 Å². The zero-order valence-corrected chi connectivity index (χ0v) is 9.78. The molecule has 6 nitrogen and oxygen atoms in total. The molecule has 0 radical (unpaired) electrons. The highest BCUT2D eigenvalue weighted by molar-refractivity contribution is 6.33. The molecule has 0 aliphatic carbocycles. The van der Waals surface area contributed by atoms with E-state index in [2.05, 4.69) is 4.74 Å². The Kier molecular flexibility index (Phi) is 4.17. The molecule has 7 heteroatoms.